The van der Waals surface area contributed by atoms with Gasteiger partial charge in [0.1, 0.15) is 12.4 Å². The summed E-state index contributed by atoms with van der Waals surface area (Å²) in [5, 5.41) is 3.40. The van der Waals surface area contributed by atoms with Gasteiger partial charge in [0.05, 0.1) is 5.69 Å². The maximum atomic E-state index is 6.09. The van der Waals surface area contributed by atoms with Crippen LogP contribution in [0.4, 0.5) is 5.69 Å². The average Bonchev–Trinajstić information content (AvgIpc) is 2.57. The number of para-hydroxylation sites is 2. The van der Waals surface area contributed by atoms with Crippen LogP contribution in [-0.2, 0) is 0 Å². The Morgan fingerprint density at radius 3 is 2.52 bits per heavy atom. The summed E-state index contributed by atoms with van der Waals surface area (Å²) in [6.45, 7) is 8.56. The largest absolute Gasteiger partial charge is 0.490 e. The molecule has 3 rings (SSSR count). The second-order valence-corrected chi connectivity index (χ2v) is 5.96. The molecule has 0 aliphatic carbocycles. The van der Waals surface area contributed by atoms with E-state index in [1.54, 1.807) is 0 Å². The zero-order valence-electron chi connectivity index (χ0n) is 12.9. The van der Waals surface area contributed by atoms with Crippen LogP contribution in [0.5, 0.6) is 5.75 Å². The first-order chi connectivity index (χ1) is 10.4. The minimum atomic E-state index is 0.795. The molecule has 4 heteroatoms. The van der Waals surface area contributed by atoms with E-state index in [9.17, 15) is 0 Å². The molecule has 2 saturated heterocycles. The Bertz CT molecular complexity index is 426. The van der Waals surface area contributed by atoms with Crippen LogP contribution in [0.15, 0.2) is 24.3 Å². The van der Waals surface area contributed by atoms with Crippen molar-refractivity contribution in [1.29, 1.82) is 0 Å². The van der Waals surface area contributed by atoms with Crippen molar-refractivity contribution in [2.45, 2.75) is 19.3 Å². The molecule has 2 heterocycles. The fourth-order valence-corrected chi connectivity index (χ4v) is 3.21. The predicted octanol–water partition coefficient (Wildman–Crippen LogP) is 1.96. The van der Waals surface area contributed by atoms with E-state index in [2.05, 4.69) is 39.4 Å². The smallest absolute Gasteiger partial charge is 0.142 e. The van der Waals surface area contributed by atoms with Gasteiger partial charge in [-0.25, -0.2) is 0 Å². The number of piperidine rings is 1. The van der Waals surface area contributed by atoms with Gasteiger partial charge < -0.3 is 15.0 Å². The van der Waals surface area contributed by atoms with E-state index >= 15 is 0 Å². The second-order valence-electron chi connectivity index (χ2n) is 5.96. The van der Waals surface area contributed by atoms with Gasteiger partial charge in [0.25, 0.3) is 0 Å². The molecule has 1 N–H and O–H groups in total. The van der Waals surface area contributed by atoms with Crippen molar-refractivity contribution in [3.63, 3.8) is 0 Å². The number of nitrogens with one attached hydrogen (secondary N) is 1. The Balaban J connectivity index is 1.54. The molecular weight excluding hydrogens is 262 g/mol. The molecule has 1 aromatic carbocycles. The number of rotatable bonds is 5. The summed E-state index contributed by atoms with van der Waals surface area (Å²) in [6, 6.07) is 8.46. The molecule has 2 aliphatic heterocycles. The summed E-state index contributed by atoms with van der Waals surface area (Å²) >= 11 is 0. The Kier molecular flexibility index (Phi) is 5.35. The van der Waals surface area contributed by atoms with E-state index in [0.717, 1.165) is 45.1 Å². The first-order valence-electron chi connectivity index (χ1n) is 8.33. The van der Waals surface area contributed by atoms with E-state index < -0.39 is 0 Å². The fraction of sp³-hybridized carbons (Fsp3) is 0.647. The van der Waals surface area contributed by atoms with Crippen LogP contribution in [0, 0.1) is 0 Å². The summed E-state index contributed by atoms with van der Waals surface area (Å²) in [6.07, 6.45) is 4.08. The van der Waals surface area contributed by atoms with E-state index in [1.807, 2.05) is 0 Å². The van der Waals surface area contributed by atoms with Crippen LogP contribution < -0.4 is 15.0 Å². The van der Waals surface area contributed by atoms with Crippen molar-refractivity contribution < 1.29 is 4.74 Å². The molecule has 116 valence electrons. The van der Waals surface area contributed by atoms with Crippen LogP contribution in [0.2, 0.25) is 0 Å². The van der Waals surface area contributed by atoms with Crippen LogP contribution in [0.3, 0.4) is 0 Å². The molecule has 4 nitrogen and oxygen atoms in total. The zero-order chi connectivity index (χ0) is 14.3. The third kappa shape index (κ3) is 4.11. The number of hydrogen-bond donors (Lipinski definition) is 1. The van der Waals surface area contributed by atoms with Crippen LogP contribution in [0.25, 0.3) is 0 Å². The Hall–Kier alpha value is -1.26. The van der Waals surface area contributed by atoms with Crippen LogP contribution in [-0.4, -0.2) is 57.3 Å². The lowest BCUT2D eigenvalue weighted by Crippen LogP contribution is -2.43. The quantitative estimate of drug-likeness (QED) is 0.897. The van der Waals surface area contributed by atoms with Crippen molar-refractivity contribution in [3.8, 4) is 5.75 Å². The van der Waals surface area contributed by atoms with Crippen LogP contribution in [0.1, 0.15) is 19.3 Å². The van der Waals surface area contributed by atoms with Crippen molar-refractivity contribution in [2.75, 3.05) is 57.3 Å². The minimum Gasteiger partial charge on any atom is -0.490 e. The first-order valence-corrected chi connectivity index (χ1v) is 8.33. The standard InChI is InChI=1S/C17H27N3O/c1-4-10-19(11-5-1)14-15-21-17-7-3-2-6-16(17)20-12-8-18-9-13-20/h2-3,6-7,18H,1,4-5,8-15H2. The molecule has 2 aliphatic rings. The lowest BCUT2D eigenvalue weighted by Gasteiger charge is -2.31. The van der Waals surface area contributed by atoms with Gasteiger partial charge in [-0.3, -0.25) is 4.90 Å². The Labute approximate surface area is 128 Å². The summed E-state index contributed by atoms with van der Waals surface area (Å²) in [5.41, 5.74) is 1.25. The van der Waals surface area contributed by atoms with Gasteiger partial charge in [0.2, 0.25) is 0 Å². The number of anilines is 1. The van der Waals surface area contributed by atoms with Crippen molar-refractivity contribution in [2.24, 2.45) is 0 Å². The molecule has 0 unspecified atom stereocenters. The van der Waals surface area contributed by atoms with E-state index in [-0.39, 0.29) is 0 Å². The molecule has 0 spiro atoms. The summed E-state index contributed by atoms with van der Waals surface area (Å²) in [4.78, 5) is 4.95. The van der Waals surface area contributed by atoms with Crippen molar-refractivity contribution in [1.82, 2.24) is 10.2 Å². The Morgan fingerprint density at radius 1 is 0.952 bits per heavy atom. The van der Waals surface area contributed by atoms with Crippen LogP contribution >= 0.6 is 0 Å². The second kappa shape index (κ2) is 7.66. The fourth-order valence-electron chi connectivity index (χ4n) is 3.21. The summed E-state index contributed by atoms with van der Waals surface area (Å²) in [5.74, 6) is 1.04. The van der Waals surface area contributed by atoms with Gasteiger partial charge in [-0.05, 0) is 38.1 Å². The maximum absolute atomic E-state index is 6.09. The van der Waals surface area contributed by atoms with E-state index in [4.69, 9.17) is 4.74 Å². The molecule has 0 atom stereocenters. The highest BCUT2D eigenvalue weighted by Gasteiger charge is 2.15. The van der Waals surface area contributed by atoms with Gasteiger partial charge in [-0.15, -0.1) is 0 Å². The highest BCUT2D eigenvalue weighted by Crippen LogP contribution is 2.28. The lowest BCUT2D eigenvalue weighted by atomic mass is 10.1. The predicted molar refractivity (Wildman–Crippen MR) is 87.3 cm³/mol. The molecule has 0 saturated carbocycles. The average molecular weight is 289 g/mol. The molecule has 0 radical (unpaired) electrons. The SMILES string of the molecule is c1ccc(N2CCNCC2)c(OCCN2CCCCC2)c1. The number of likely N-dealkylation sites (tertiary alicyclic amines) is 1. The topological polar surface area (TPSA) is 27.7 Å². The normalized spacial score (nSPS) is 20.5. The molecule has 21 heavy (non-hydrogen) atoms. The highest BCUT2D eigenvalue weighted by molar-refractivity contribution is 5.58. The summed E-state index contributed by atoms with van der Waals surface area (Å²) < 4.78 is 6.09. The number of benzene rings is 1. The van der Waals surface area contributed by atoms with Gasteiger partial charge in [-0.2, -0.15) is 0 Å². The van der Waals surface area contributed by atoms with Crippen molar-refractivity contribution >= 4 is 5.69 Å². The highest BCUT2D eigenvalue weighted by atomic mass is 16.5. The molecule has 2 fully saturated rings. The van der Waals surface area contributed by atoms with Gasteiger partial charge >= 0.3 is 0 Å². The lowest BCUT2D eigenvalue weighted by molar-refractivity contribution is 0.183. The first kappa shape index (κ1) is 14.7. The zero-order valence-corrected chi connectivity index (χ0v) is 12.9. The van der Waals surface area contributed by atoms with Gasteiger partial charge in [-0.1, -0.05) is 18.6 Å². The van der Waals surface area contributed by atoms with E-state index in [1.165, 1.54) is 38.0 Å². The monoisotopic (exact) mass is 289 g/mol. The summed E-state index contributed by atoms with van der Waals surface area (Å²) in [7, 11) is 0. The number of nitrogens with zero attached hydrogens (tertiary/aromatic N) is 2. The van der Waals surface area contributed by atoms with Gasteiger partial charge in [0, 0.05) is 32.7 Å². The minimum absolute atomic E-state index is 0.795. The molecule has 1 aromatic rings. The number of hydrogen-bond acceptors (Lipinski definition) is 4. The Morgan fingerprint density at radius 2 is 1.71 bits per heavy atom. The van der Waals surface area contributed by atoms with E-state index in [0.29, 0.717) is 0 Å². The third-order valence-electron chi connectivity index (χ3n) is 4.44. The molecule has 0 aromatic heterocycles. The molecule has 0 bridgehead atoms. The van der Waals surface area contributed by atoms with Gasteiger partial charge in [0.15, 0.2) is 0 Å². The number of ether oxygens (including phenoxy) is 1. The third-order valence-corrected chi connectivity index (χ3v) is 4.44. The molecule has 0 amide bonds. The molecular formula is C17H27N3O. The number of piperazine rings is 1. The van der Waals surface area contributed by atoms with Crippen molar-refractivity contribution in [3.05, 3.63) is 24.3 Å². The maximum Gasteiger partial charge on any atom is 0.142 e.